The fourth-order valence-corrected chi connectivity index (χ4v) is 5.38. The van der Waals surface area contributed by atoms with Crippen LogP contribution in [0.25, 0.3) is 0 Å². The van der Waals surface area contributed by atoms with E-state index in [1.165, 1.54) is 29.6 Å². The molecule has 0 spiro atoms. The quantitative estimate of drug-likeness (QED) is 0.372. The molecule has 2 aliphatic rings. The lowest BCUT2D eigenvalue weighted by molar-refractivity contribution is -0.118. The molecule has 172 valence electrons. The number of hydrogen-bond donors (Lipinski definition) is 0. The van der Waals surface area contributed by atoms with Gasteiger partial charge in [0.05, 0.1) is 12.2 Å². The molecule has 0 N–H and O–H groups in total. The molecule has 33 heavy (non-hydrogen) atoms. The van der Waals surface area contributed by atoms with Crippen molar-refractivity contribution < 1.29 is 18.3 Å². The number of carbonyl (C=O) groups excluding carboxylic acids is 1. The highest BCUT2D eigenvalue weighted by Gasteiger charge is 2.34. The van der Waals surface area contributed by atoms with E-state index in [0.29, 0.717) is 34.5 Å². The number of fused-ring (bicyclic) bond motifs is 1. The van der Waals surface area contributed by atoms with Crippen molar-refractivity contribution in [3.63, 3.8) is 0 Å². The lowest BCUT2D eigenvalue weighted by atomic mass is 10.0. The molecule has 1 aromatic carbocycles. The van der Waals surface area contributed by atoms with E-state index in [1.54, 1.807) is 26.2 Å². The summed E-state index contributed by atoms with van der Waals surface area (Å²) in [7, 11) is 1.56. The number of aryl methyl sites for hydroxylation is 1. The van der Waals surface area contributed by atoms with Crippen LogP contribution < -0.4 is 4.74 Å². The minimum absolute atomic E-state index is 0.224. The van der Waals surface area contributed by atoms with Crippen molar-refractivity contribution in [3.8, 4) is 5.75 Å². The molecule has 2 aliphatic heterocycles. The van der Waals surface area contributed by atoms with Crippen molar-refractivity contribution in [2.45, 2.75) is 38.1 Å². The van der Waals surface area contributed by atoms with Gasteiger partial charge in [0.25, 0.3) is 12.3 Å². The summed E-state index contributed by atoms with van der Waals surface area (Å²) >= 11 is 2.77. The minimum Gasteiger partial charge on any atom is -0.496 e. The van der Waals surface area contributed by atoms with Crippen LogP contribution in [0.3, 0.4) is 0 Å². The summed E-state index contributed by atoms with van der Waals surface area (Å²) in [6.07, 6.45) is -0.713. The number of carbonyl (C=O) groups is 1. The van der Waals surface area contributed by atoms with E-state index in [1.807, 2.05) is 12.1 Å². The van der Waals surface area contributed by atoms with Gasteiger partial charge in [-0.3, -0.25) is 4.79 Å². The predicted molar refractivity (Wildman–Crippen MR) is 127 cm³/mol. The normalized spacial score (nSPS) is 17.8. The number of ether oxygens (including phenoxy) is 1. The number of nitrogens with zero attached hydrogens (tertiary/aromatic N) is 4. The second-order valence-electron chi connectivity index (χ2n) is 7.86. The molecule has 4 rings (SSSR count). The summed E-state index contributed by atoms with van der Waals surface area (Å²) < 4.78 is 31.6. The standard InChI is InChI=1S/C23H22F2N4O2S2/c1-11(2)18-9-15-21(30)28-20(29-22(15)33-18)13-5-6-17(31-4)14(8-13)10-32-23-26-12(3)7-16(27-23)19(24)25/h5-9,11,15,19H,10H2,1-4H3. The highest BCUT2D eigenvalue weighted by Crippen LogP contribution is 2.39. The molecule has 1 aromatic heterocycles. The van der Waals surface area contributed by atoms with Gasteiger partial charge in [0, 0.05) is 22.6 Å². The number of aromatic nitrogens is 2. The Labute approximate surface area is 199 Å². The van der Waals surface area contributed by atoms with Crippen LogP contribution in [0.2, 0.25) is 0 Å². The molecule has 0 saturated heterocycles. The van der Waals surface area contributed by atoms with Gasteiger partial charge in [-0.05, 0) is 42.0 Å². The maximum absolute atomic E-state index is 13.1. The number of alkyl halides is 2. The maximum Gasteiger partial charge on any atom is 0.280 e. The summed E-state index contributed by atoms with van der Waals surface area (Å²) in [4.78, 5) is 30.8. The number of thioether (sulfide) groups is 2. The van der Waals surface area contributed by atoms with Crippen molar-refractivity contribution in [3.05, 3.63) is 57.8 Å². The van der Waals surface area contributed by atoms with Crippen molar-refractivity contribution in [1.29, 1.82) is 0 Å². The second kappa shape index (κ2) is 9.72. The zero-order valence-electron chi connectivity index (χ0n) is 18.5. The molecule has 0 saturated carbocycles. The van der Waals surface area contributed by atoms with E-state index < -0.39 is 12.3 Å². The van der Waals surface area contributed by atoms with Crippen molar-refractivity contribution in [1.82, 2.24) is 9.97 Å². The van der Waals surface area contributed by atoms with Crippen LogP contribution in [0.15, 0.2) is 50.4 Å². The number of halogens is 2. The van der Waals surface area contributed by atoms with E-state index in [2.05, 4.69) is 33.8 Å². The minimum atomic E-state index is -2.66. The van der Waals surface area contributed by atoms with Gasteiger partial charge in [0.15, 0.2) is 11.0 Å². The molecule has 6 nitrogen and oxygen atoms in total. The lowest BCUT2D eigenvalue weighted by Crippen LogP contribution is -2.23. The third-order valence-electron chi connectivity index (χ3n) is 5.06. The molecule has 0 radical (unpaired) electrons. The molecule has 0 bridgehead atoms. The molecule has 1 unspecified atom stereocenters. The number of hydrogen-bond acceptors (Lipinski definition) is 7. The SMILES string of the molecule is COc1ccc(C2=NC(=O)C3C=C(C(C)C)SC3=N2)cc1CSc1nc(C)cc(C(F)F)n1. The first-order chi connectivity index (χ1) is 15.7. The van der Waals surface area contributed by atoms with E-state index in [0.717, 1.165) is 15.5 Å². The monoisotopic (exact) mass is 488 g/mol. The molecule has 3 heterocycles. The zero-order valence-corrected chi connectivity index (χ0v) is 20.1. The molecule has 1 atom stereocenters. The van der Waals surface area contributed by atoms with Gasteiger partial charge >= 0.3 is 0 Å². The van der Waals surface area contributed by atoms with Crippen LogP contribution in [-0.2, 0) is 10.5 Å². The first-order valence-corrected chi connectivity index (χ1v) is 12.1. The number of amidine groups is 1. The highest BCUT2D eigenvalue weighted by molar-refractivity contribution is 8.17. The van der Waals surface area contributed by atoms with Crippen molar-refractivity contribution in [2.75, 3.05) is 7.11 Å². The Bertz CT molecular complexity index is 1190. The van der Waals surface area contributed by atoms with Gasteiger partial charge in [-0.1, -0.05) is 43.4 Å². The largest absolute Gasteiger partial charge is 0.496 e. The number of benzene rings is 1. The van der Waals surface area contributed by atoms with E-state index >= 15 is 0 Å². The molecular formula is C23H22F2N4O2S2. The Kier molecular flexibility index (Phi) is 6.94. The summed E-state index contributed by atoms with van der Waals surface area (Å²) in [5.74, 6) is 1.07. The molecular weight excluding hydrogens is 466 g/mol. The first kappa shape index (κ1) is 23.6. The topological polar surface area (TPSA) is 76.8 Å². The van der Waals surface area contributed by atoms with Gasteiger partial charge in [-0.25, -0.2) is 23.7 Å². The molecule has 1 amide bonds. The molecule has 2 aromatic rings. The number of allylic oxidation sites excluding steroid dienone is 1. The van der Waals surface area contributed by atoms with Gasteiger partial charge in [0.2, 0.25) is 0 Å². The Hall–Kier alpha value is -2.59. The summed E-state index contributed by atoms with van der Waals surface area (Å²) in [5.41, 5.74) is 1.66. The van der Waals surface area contributed by atoms with Crippen LogP contribution in [0.5, 0.6) is 5.75 Å². The number of aliphatic imine (C=N–C) groups is 2. The Balaban J connectivity index is 1.58. The Morgan fingerprint density at radius 1 is 1.18 bits per heavy atom. The van der Waals surface area contributed by atoms with E-state index in [-0.39, 0.29) is 16.8 Å². The molecule has 10 heteroatoms. The molecule has 0 fully saturated rings. The van der Waals surface area contributed by atoms with Gasteiger partial charge in [0.1, 0.15) is 17.4 Å². The fraction of sp³-hybridized carbons (Fsp3) is 0.348. The predicted octanol–water partition coefficient (Wildman–Crippen LogP) is 5.61. The second-order valence-corrected chi connectivity index (χ2v) is 9.90. The first-order valence-electron chi connectivity index (χ1n) is 10.3. The van der Waals surface area contributed by atoms with Crippen LogP contribution in [0.1, 0.15) is 42.8 Å². The Morgan fingerprint density at radius 2 is 1.97 bits per heavy atom. The smallest absolute Gasteiger partial charge is 0.280 e. The lowest BCUT2D eigenvalue weighted by Gasteiger charge is -2.15. The number of methoxy groups -OCH3 is 1. The summed E-state index contributed by atoms with van der Waals surface area (Å²) in [6.45, 7) is 5.82. The van der Waals surface area contributed by atoms with E-state index in [4.69, 9.17) is 4.74 Å². The number of amides is 1. The van der Waals surface area contributed by atoms with Gasteiger partial charge in [-0.15, -0.1) is 0 Å². The Morgan fingerprint density at radius 3 is 2.67 bits per heavy atom. The molecule has 0 aliphatic carbocycles. The highest BCUT2D eigenvalue weighted by atomic mass is 32.2. The van der Waals surface area contributed by atoms with Gasteiger partial charge < -0.3 is 4.74 Å². The summed E-state index contributed by atoms with van der Waals surface area (Å²) in [5, 5.41) is 1.01. The third kappa shape index (κ3) is 5.16. The van der Waals surface area contributed by atoms with Crippen LogP contribution in [0, 0.1) is 18.8 Å². The zero-order chi connectivity index (χ0) is 23.7. The van der Waals surface area contributed by atoms with Gasteiger partial charge in [-0.2, -0.15) is 4.99 Å². The van der Waals surface area contributed by atoms with Crippen molar-refractivity contribution >= 4 is 40.3 Å². The van der Waals surface area contributed by atoms with Crippen LogP contribution >= 0.6 is 23.5 Å². The van der Waals surface area contributed by atoms with Crippen molar-refractivity contribution in [2.24, 2.45) is 21.8 Å². The average Bonchev–Trinajstić information content (AvgIpc) is 3.22. The summed E-state index contributed by atoms with van der Waals surface area (Å²) in [6, 6.07) is 6.72. The average molecular weight is 489 g/mol. The van der Waals surface area contributed by atoms with Crippen LogP contribution in [0.4, 0.5) is 8.78 Å². The third-order valence-corrected chi connectivity index (χ3v) is 7.35. The van der Waals surface area contributed by atoms with E-state index in [9.17, 15) is 13.6 Å². The number of rotatable bonds is 7. The van der Waals surface area contributed by atoms with Crippen LogP contribution in [-0.4, -0.2) is 33.9 Å². The maximum atomic E-state index is 13.1. The fourth-order valence-electron chi connectivity index (χ4n) is 3.38.